The van der Waals surface area contributed by atoms with Crippen molar-refractivity contribution in [2.75, 3.05) is 26.0 Å². The number of anilines is 1. The Balaban J connectivity index is 2.66. The van der Waals surface area contributed by atoms with E-state index in [0.717, 1.165) is 0 Å². The van der Waals surface area contributed by atoms with E-state index in [0.29, 0.717) is 18.7 Å². The summed E-state index contributed by atoms with van der Waals surface area (Å²) in [6, 6.07) is 3.54. The van der Waals surface area contributed by atoms with Gasteiger partial charge in [-0.3, -0.25) is 0 Å². The van der Waals surface area contributed by atoms with Crippen LogP contribution < -0.4 is 10.1 Å². The van der Waals surface area contributed by atoms with E-state index >= 15 is 0 Å². The van der Waals surface area contributed by atoms with Gasteiger partial charge in [0, 0.05) is 19.7 Å². The minimum atomic E-state index is -0.462. The second-order valence-electron chi connectivity index (χ2n) is 4.33. The van der Waals surface area contributed by atoms with E-state index in [1.165, 1.54) is 30.2 Å². The Morgan fingerprint density at radius 3 is 2.84 bits per heavy atom. The van der Waals surface area contributed by atoms with Gasteiger partial charge in [0.2, 0.25) is 0 Å². The lowest BCUT2D eigenvalue weighted by molar-refractivity contribution is 0.167. The fourth-order valence-corrected chi connectivity index (χ4v) is 1.46. The highest BCUT2D eigenvalue weighted by Crippen LogP contribution is 2.25. The lowest BCUT2D eigenvalue weighted by Gasteiger charge is -2.19. The van der Waals surface area contributed by atoms with Gasteiger partial charge in [0.15, 0.2) is 0 Å². The zero-order valence-corrected chi connectivity index (χ0v) is 11.3. The van der Waals surface area contributed by atoms with Crippen LogP contribution in [-0.2, 0) is 0 Å². The number of carbonyl (C=O) groups is 1. The predicted molar refractivity (Wildman–Crippen MR) is 70.9 cm³/mol. The predicted octanol–water partition coefficient (Wildman–Crippen LogP) is 2.07. The molecule has 0 saturated carbocycles. The van der Waals surface area contributed by atoms with Gasteiger partial charge in [0.1, 0.15) is 11.6 Å². The molecule has 19 heavy (non-hydrogen) atoms. The number of benzene rings is 1. The molecule has 2 amide bonds. The number of ether oxygens (including phenoxy) is 1. The molecule has 0 bridgehead atoms. The number of hydrogen-bond donors (Lipinski definition) is 2. The smallest absolute Gasteiger partial charge is 0.321 e. The monoisotopic (exact) mass is 270 g/mol. The number of aliphatic hydroxyl groups is 1. The van der Waals surface area contributed by atoms with Gasteiger partial charge in [-0.15, -0.1) is 0 Å². The van der Waals surface area contributed by atoms with Gasteiger partial charge in [-0.25, -0.2) is 9.18 Å². The highest BCUT2D eigenvalue weighted by atomic mass is 19.1. The quantitative estimate of drug-likeness (QED) is 0.861. The van der Waals surface area contributed by atoms with Crippen LogP contribution in [0, 0.1) is 5.82 Å². The fourth-order valence-electron chi connectivity index (χ4n) is 1.46. The third kappa shape index (κ3) is 4.75. The van der Waals surface area contributed by atoms with Crippen molar-refractivity contribution in [2.45, 2.75) is 19.4 Å². The third-order valence-electron chi connectivity index (χ3n) is 2.63. The number of nitrogens with one attached hydrogen (secondary N) is 1. The summed E-state index contributed by atoms with van der Waals surface area (Å²) in [7, 11) is 3.02. The maximum Gasteiger partial charge on any atom is 0.321 e. The zero-order valence-electron chi connectivity index (χ0n) is 11.3. The molecule has 2 N–H and O–H groups in total. The van der Waals surface area contributed by atoms with Gasteiger partial charge in [-0.05, 0) is 25.5 Å². The van der Waals surface area contributed by atoms with Crippen molar-refractivity contribution >= 4 is 11.7 Å². The van der Waals surface area contributed by atoms with Crippen molar-refractivity contribution in [2.24, 2.45) is 0 Å². The second-order valence-corrected chi connectivity index (χ2v) is 4.33. The summed E-state index contributed by atoms with van der Waals surface area (Å²) < 4.78 is 18.0. The molecular weight excluding hydrogens is 251 g/mol. The molecule has 0 radical (unpaired) electrons. The molecule has 0 heterocycles. The molecule has 0 spiro atoms. The van der Waals surface area contributed by atoms with Gasteiger partial charge >= 0.3 is 6.03 Å². The van der Waals surface area contributed by atoms with Gasteiger partial charge < -0.3 is 20.1 Å². The molecule has 1 rings (SSSR count). The minimum Gasteiger partial charge on any atom is -0.494 e. The van der Waals surface area contributed by atoms with E-state index in [4.69, 9.17) is 9.84 Å². The average molecular weight is 270 g/mol. The Labute approximate surface area is 112 Å². The van der Waals surface area contributed by atoms with Crippen LogP contribution >= 0.6 is 0 Å². The second kappa shape index (κ2) is 6.94. The van der Waals surface area contributed by atoms with Crippen LogP contribution in [0.2, 0.25) is 0 Å². The summed E-state index contributed by atoms with van der Waals surface area (Å²) in [5.74, 6) is -0.172. The summed E-state index contributed by atoms with van der Waals surface area (Å²) in [6.07, 6.45) is 0.0281. The SMILES string of the molecule is COc1cc(F)ccc1NC(=O)N(C)CCC(C)O. The first-order valence-electron chi connectivity index (χ1n) is 5.97. The molecule has 1 unspecified atom stereocenters. The number of amides is 2. The summed E-state index contributed by atoms with van der Waals surface area (Å²) >= 11 is 0. The number of hydrogen-bond acceptors (Lipinski definition) is 3. The number of methoxy groups -OCH3 is 1. The van der Waals surface area contributed by atoms with Crippen LogP contribution in [0.3, 0.4) is 0 Å². The van der Waals surface area contributed by atoms with Crippen LogP contribution in [0.5, 0.6) is 5.75 Å². The summed E-state index contributed by atoms with van der Waals surface area (Å²) in [5, 5.41) is 11.8. The number of aliphatic hydroxyl groups excluding tert-OH is 1. The van der Waals surface area contributed by atoms with Crippen LogP contribution in [0.25, 0.3) is 0 Å². The Kier molecular flexibility index (Phi) is 5.57. The summed E-state index contributed by atoms with van der Waals surface area (Å²) in [4.78, 5) is 13.3. The van der Waals surface area contributed by atoms with E-state index in [1.807, 2.05) is 0 Å². The van der Waals surface area contributed by atoms with Crippen LogP contribution in [0.4, 0.5) is 14.9 Å². The van der Waals surface area contributed by atoms with Crippen LogP contribution in [0.1, 0.15) is 13.3 Å². The normalized spacial score (nSPS) is 11.8. The highest BCUT2D eigenvalue weighted by Gasteiger charge is 2.12. The molecule has 0 aliphatic carbocycles. The van der Waals surface area contributed by atoms with E-state index in [9.17, 15) is 9.18 Å². The van der Waals surface area contributed by atoms with Crippen molar-refractivity contribution < 1.29 is 19.0 Å². The van der Waals surface area contributed by atoms with Crippen molar-refractivity contribution in [1.82, 2.24) is 4.90 Å². The van der Waals surface area contributed by atoms with Crippen molar-refractivity contribution in [3.63, 3.8) is 0 Å². The van der Waals surface area contributed by atoms with Crippen molar-refractivity contribution in [3.05, 3.63) is 24.0 Å². The molecule has 5 nitrogen and oxygen atoms in total. The molecule has 0 aromatic heterocycles. The molecule has 0 saturated heterocycles. The maximum atomic E-state index is 13.0. The summed E-state index contributed by atoms with van der Waals surface area (Å²) in [5.41, 5.74) is 0.401. The Hall–Kier alpha value is -1.82. The molecule has 106 valence electrons. The maximum absolute atomic E-state index is 13.0. The van der Waals surface area contributed by atoms with Crippen molar-refractivity contribution in [3.8, 4) is 5.75 Å². The van der Waals surface area contributed by atoms with Crippen LogP contribution in [0.15, 0.2) is 18.2 Å². The van der Waals surface area contributed by atoms with E-state index in [2.05, 4.69) is 5.32 Å². The fraction of sp³-hybridized carbons (Fsp3) is 0.462. The molecule has 1 aromatic rings. The number of carbonyl (C=O) groups excluding carboxylic acids is 1. The van der Waals surface area contributed by atoms with Gasteiger partial charge in [0.05, 0.1) is 18.9 Å². The molecule has 0 aliphatic heterocycles. The van der Waals surface area contributed by atoms with Gasteiger partial charge in [-0.1, -0.05) is 0 Å². The summed E-state index contributed by atoms with van der Waals surface area (Å²) in [6.45, 7) is 2.09. The number of rotatable bonds is 5. The number of nitrogens with zero attached hydrogens (tertiary/aromatic N) is 1. The first kappa shape index (κ1) is 15.2. The third-order valence-corrected chi connectivity index (χ3v) is 2.63. The lowest BCUT2D eigenvalue weighted by atomic mass is 10.2. The molecule has 1 aromatic carbocycles. The van der Waals surface area contributed by atoms with Crippen molar-refractivity contribution in [1.29, 1.82) is 0 Å². The topological polar surface area (TPSA) is 61.8 Å². The number of urea groups is 1. The van der Waals surface area contributed by atoms with Gasteiger partial charge in [0.25, 0.3) is 0 Å². The first-order chi connectivity index (χ1) is 8.93. The molecule has 0 aliphatic rings. The van der Waals surface area contributed by atoms with Gasteiger partial charge in [-0.2, -0.15) is 0 Å². The highest BCUT2D eigenvalue weighted by molar-refractivity contribution is 5.90. The van der Waals surface area contributed by atoms with E-state index in [-0.39, 0.29) is 11.8 Å². The molecule has 0 fully saturated rings. The molecule has 6 heteroatoms. The molecule has 1 atom stereocenters. The Morgan fingerprint density at radius 2 is 2.26 bits per heavy atom. The lowest BCUT2D eigenvalue weighted by Crippen LogP contribution is -2.33. The van der Waals surface area contributed by atoms with Crippen LogP contribution in [-0.4, -0.2) is 42.8 Å². The Bertz CT molecular complexity index is 438. The minimum absolute atomic E-state index is 0.261. The molecular formula is C13H19FN2O3. The van der Waals surface area contributed by atoms with E-state index < -0.39 is 11.9 Å². The van der Waals surface area contributed by atoms with E-state index in [1.54, 1.807) is 14.0 Å². The zero-order chi connectivity index (χ0) is 14.4. The Morgan fingerprint density at radius 1 is 1.58 bits per heavy atom. The first-order valence-corrected chi connectivity index (χ1v) is 5.97. The number of halogens is 1. The standard InChI is InChI=1S/C13H19FN2O3/c1-9(17)6-7-16(2)13(18)15-11-5-4-10(14)8-12(11)19-3/h4-5,8-9,17H,6-7H2,1-3H3,(H,15,18). The average Bonchev–Trinajstić information content (AvgIpc) is 2.37. The largest absolute Gasteiger partial charge is 0.494 e.